The minimum absolute atomic E-state index is 0.0479. The zero-order chi connectivity index (χ0) is 14.7. The van der Waals surface area contributed by atoms with Crippen LogP contribution in [0.15, 0.2) is 5.38 Å². The monoisotopic (exact) mass is 296 g/mol. The quantitative estimate of drug-likeness (QED) is 0.931. The van der Waals surface area contributed by atoms with Gasteiger partial charge in [-0.15, -0.1) is 11.3 Å². The van der Waals surface area contributed by atoms with Crippen molar-refractivity contribution >= 4 is 23.2 Å². The molecule has 20 heavy (non-hydrogen) atoms. The van der Waals surface area contributed by atoms with E-state index in [1.807, 2.05) is 4.90 Å². The second kappa shape index (κ2) is 6.35. The summed E-state index contributed by atoms with van der Waals surface area (Å²) < 4.78 is 0. The van der Waals surface area contributed by atoms with Crippen LogP contribution in [0.1, 0.15) is 53.4 Å². The second-order valence-corrected chi connectivity index (χ2v) is 6.43. The SMILES string of the molecule is CC(C)C1CCCN(C(=O)c2nc(C(=O)O)cs2)CC1. The molecule has 1 fully saturated rings. The van der Waals surface area contributed by atoms with Crippen molar-refractivity contribution in [1.29, 1.82) is 0 Å². The first kappa shape index (κ1) is 15.0. The molecule has 0 radical (unpaired) electrons. The number of amides is 1. The van der Waals surface area contributed by atoms with Crippen LogP contribution in [0, 0.1) is 11.8 Å². The number of thiazole rings is 1. The lowest BCUT2D eigenvalue weighted by Crippen LogP contribution is -2.32. The van der Waals surface area contributed by atoms with Gasteiger partial charge in [0.1, 0.15) is 0 Å². The van der Waals surface area contributed by atoms with Crippen LogP contribution in [0.3, 0.4) is 0 Å². The van der Waals surface area contributed by atoms with Crippen LogP contribution >= 0.6 is 11.3 Å². The molecule has 1 amide bonds. The Balaban J connectivity index is 2.03. The fourth-order valence-corrected chi connectivity index (χ4v) is 3.36. The average molecular weight is 296 g/mol. The van der Waals surface area contributed by atoms with Crippen LogP contribution in [0.25, 0.3) is 0 Å². The van der Waals surface area contributed by atoms with Crippen molar-refractivity contribution < 1.29 is 14.7 Å². The van der Waals surface area contributed by atoms with E-state index in [1.54, 1.807) is 0 Å². The Labute approximate surface area is 122 Å². The fraction of sp³-hybridized carbons (Fsp3) is 0.643. The van der Waals surface area contributed by atoms with Gasteiger partial charge in [-0.25, -0.2) is 9.78 Å². The predicted octanol–water partition coefficient (Wildman–Crippen LogP) is 2.74. The lowest BCUT2D eigenvalue weighted by Gasteiger charge is -2.20. The summed E-state index contributed by atoms with van der Waals surface area (Å²) >= 11 is 1.11. The highest BCUT2D eigenvalue weighted by Gasteiger charge is 2.25. The number of aromatic carboxylic acids is 1. The Morgan fingerprint density at radius 3 is 2.75 bits per heavy atom. The Kier molecular flexibility index (Phi) is 4.75. The Hall–Kier alpha value is -1.43. The number of nitrogens with zero attached hydrogens (tertiary/aromatic N) is 2. The van der Waals surface area contributed by atoms with Gasteiger partial charge in [0.05, 0.1) is 0 Å². The molecule has 0 saturated carbocycles. The zero-order valence-corrected chi connectivity index (χ0v) is 12.7. The van der Waals surface area contributed by atoms with Gasteiger partial charge < -0.3 is 10.0 Å². The first-order chi connectivity index (χ1) is 9.49. The molecule has 0 aliphatic carbocycles. The molecule has 1 aliphatic heterocycles. The van der Waals surface area contributed by atoms with Gasteiger partial charge in [-0.1, -0.05) is 13.8 Å². The molecule has 1 aliphatic rings. The van der Waals surface area contributed by atoms with Crippen LogP contribution in [0.4, 0.5) is 0 Å². The van der Waals surface area contributed by atoms with Crippen molar-refractivity contribution in [1.82, 2.24) is 9.88 Å². The maximum absolute atomic E-state index is 12.3. The molecule has 0 bridgehead atoms. The third-order valence-electron chi connectivity index (χ3n) is 3.91. The number of rotatable bonds is 3. The van der Waals surface area contributed by atoms with Gasteiger partial charge in [0.2, 0.25) is 0 Å². The predicted molar refractivity (Wildman–Crippen MR) is 77.2 cm³/mol. The topological polar surface area (TPSA) is 70.5 Å². The maximum atomic E-state index is 12.3. The first-order valence-electron chi connectivity index (χ1n) is 6.97. The summed E-state index contributed by atoms with van der Waals surface area (Å²) in [5, 5.41) is 10.6. The summed E-state index contributed by atoms with van der Waals surface area (Å²) in [5.41, 5.74) is -0.0479. The Bertz CT molecular complexity index is 498. The minimum Gasteiger partial charge on any atom is -0.476 e. The number of carboxylic acids is 1. The van der Waals surface area contributed by atoms with Crippen LogP contribution in [0.5, 0.6) is 0 Å². The highest BCUT2D eigenvalue weighted by molar-refractivity contribution is 7.11. The third-order valence-corrected chi connectivity index (χ3v) is 4.74. The third kappa shape index (κ3) is 3.36. The molecule has 0 spiro atoms. The lowest BCUT2D eigenvalue weighted by atomic mass is 9.89. The standard InChI is InChI=1S/C14H20N2O3S/c1-9(2)10-4-3-6-16(7-5-10)13(17)12-15-11(8-20-12)14(18)19/h8-10H,3-7H2,1-2H3,(H,18,19). The van der Waals surface area contributed by atoms with Crippen LogP contribution in [0.2, 0.25) is 0 Å². The van der Waals surface area contributed by atoms with Crippen molar-refractivity contribution in [3.63, 3.8) is 0 Å². The van der Waals surface area contributed by atoms with E-state index in [9.17, 15) is 9.59 Å². The molecule has 1 N–H and O–H groups in total. The van der Waals surface area contributed by atoms with Gasteiger partial charge in [0.25, 0.3) is 5.91 Å². The van der Waals surface area contributed by atoms with Crippen LogP contribution in [-0.2, 0) is 0 Å². The normalized spacial score (nSPS) is 19.9. The van der Waals surface area contributed by atoms with Gasteiger partial charge in [-0.3, -0.25) is 4.79 Å². The Morgan fingerprint density at radius 1 is 1.40 bits per heavy atom. The molecule has 110 valence electrons. The molecule has 1 saturated heterocycles. The molecule has 0 aromatic carbocycles. The number of aromatic nitrogens is 1. The fourth-order valence-electron chi connectivity index (χ4n) is 2.60. The lowest BCUT2D eigenvalue weighted by molar-refractivity contribution is 0.0691. The Morgan fingerprint density at radius 2 is 2.15 bits per heavy atom. The molecular weight excluding hydrogens is 276 g/mol. The van der Waals surface area contributed by atoms with E-state index in [0.29, 0.717) is 11.8 Å². The van der Waals surface area contributed by atoms with E-state index >= 15 is 0 Å². The van der Waals surface area contributed by atoms with E-state index in [2.05, 4.69) is 18.8 Å². The van der Waals surface area contributed by atoms with E-state index in [0.717, 1.165) is 43.7 Å². The molecule has 1 unspecified atom stereocenters. The van der Waals surface area contributed by atoms with Gasteiger partial charge in [0, 0.05) is 18.5 Å². The maximum Gasteiger partial charge on any atom is 0.355 e. The van der Waals surface area contributed by atoms with Crippen molar-refractivity contribution in [3.05, 3.63) is 16.1 Å². The van der Waals surface area contributed by atoms with Crippen molar-refractivity contribution in [2.24, 2.45) is 11.8 Å². The smallest absolute Gasteiger partial charge is 0.355 e. The largest absolute Gasteiger partial charge is 0.476 e. The van der Waals surface area contributed by atoms with Gasteiger partial charge in [-0.2, -0.15) is 0 Å². The molecule has 2 heterocycles. The molecule has 1 aromatic rings. The number of likely N-dealkylation sites (tertiary alicyclic amines) is 1. The van der Waals surface area contributed by atoms with E-state index in [4.69, 9.17) is 5.11 Å². The minimum atomic E-state index is -1.09. The number of carboxylic acid groups (broad SMARTS) is 1. The van der Waals surface area contributed by atoms with E-state index in [-0.39, 0.29) is 16.6 Å². The summed E-state index contributed by atoms with van der Waals surface area (Å²) in [6.45, 7) is 5.93. The summed E-state index contributed by atoms with van der Waals surface area (Å²) in [4.78, 5) is 28.9. The van der Waals surface area contributed by atoms with Gasteiger partial charge >= 0.3 is 5.97 Å². The highest BCUT2D eigenvalue weighted by Crippen LogP contribution is 2.25. The molecule has 1 atom stereocenters. The molecular formula is C14H20N2O3S. The average Bonchev–Trinajstić information content (AvgIpc) is 2.76. The number of hydrogen-bond donors (Lipinski definition) is 1. The second-order valence-electron chi connectivity index (χ2n) is 5.57. The zero-order valence-electron chi connectivity index (χ0n) is 11.8. The van der Waals surface area contributed by atoms with Crippen molar-refractivity contribution in [2.75, 3.05) is 13.1 Å². The number of hydrogen-bond acceptors (Lipinski definition) is 4. The highest BCUT2D eigenvalue weighted by atomic mass is 32.1. The van der Waals surface area contributed by atoms with Crippen LogP contribution < -0.4 is 0 Å². The van der Waals surface area contributed by atoms with Crippen molar-refractivity contribution in [3.8, 4) is 0 Å². The summed E-state index contributed by atoms with van der Waals surface area (Å²) in [6, 6.07) is 0. The molecule has 2 rings (SSSR count). The summed E-state index contributed by atoms with van der Waals surface area (Å²) in [7, 11) is 0. The van der Waals surface area contributed by atoms with Crippen molar-refractivity contribution in [2.45, 2.75) is 33.1 Å². The van der Waals surface area contributed by atoms with E-state index < -0.39 is 5.97 Å². The van der Waals surface area contributed by atoms with Crippen LogP contribution in [-0.4, -0.2) is 40.0 Å². The first-order valence-corrected chi connectivity index (χ1v) is 7.85. The summed E-state index contributed by atoms with van der Waals surface area (Å²) in [6.07, 6.45) is 3.17. The summed E-state index contributed by atoms with van der Waals surface area (Å²) in [5.74, 6) is 0.0881. The van der Waals surface area contributed by atoms with Gasteiger partial charge in [0.15, 0.2) is 10.7 Å². The van der Waals surface area contributed by atoms with Gasteiger partial charge in [-0.05, 0) is 31.1 Å². The van der Waals surface area contributed by atoms with E-state index in [1.165, 1.54) is 5.38 Å². The molecule has 1 aromatic heterocycles. The molecule has 6 heteroatoms. The number of carbonyl (C=O) groups excluding carboxylic acids is 1. The molecule has 5 nitrogen and oxygen atoms in total. The number of carbonyl (C=O) groups is 2.